The molecule has 9 nitrogen and oxygen atoms in total. The third-order valence-electron chi connectivity index (χ3n) is 7.13. The molecule has 0 unspecified atom stereocenters. The van der Waals surface area contributed by atoms with E-state index in [0.29, 0.717) is 17.7 Å². The van der Waals surface area contributed by atoms with Crippen molar-refractivity contribution in [2.75, 3.05) is 26.7 Å². The largest absolute Gasteiger partial charge is 0.494 e. The summed E-state index contributed by atoms with van der Waals surface area (Å²) in [6.45, 7) is 8.14. The molecule has 1 amide bonds. The molecule has 1 saturated heterocycles. The number of piperidine rings is 1. The Morgan fingerprint density at radius 1 is 1.12 bits per heavy atom. The van der Waals surface area contributed by atoms with Gasteiger partial charge >= 0.3 is 5.69 Å². The lowest BCUT2D eigenvalue weighted by molar-refractivity contribution is -0.121. The van der Waals surface area contributed by atoms with Crippen molar-refractivity contribution < 1.29 is 18.7 Å². The van der Waals surface area contributed by atoms with Crippen LogP contribution >= 0.6 is 0 Å². The number of methoxy groups -OCH3 is 1. The molecule has 2 aromatic carbocycles. The quantitative estimate of drug-likeness (QED) is 0.391. The number of likely N-dealkylation sites (tertiary alicyclic amines) is 1. The summed E-state index contributed by atoms with van der Waals surface area (Å²) in [7, 11) is 1.37. The van der Waals surface area contributed by atoms with Gasteiger partial charge < -0.3 is 15.0 Å². The Bertz CT molecular complexity index is 1390. The van der Waals surface area contributed by atoms with Gasteiger partial charge in [-0.3, -0.25) is 14.2 Å². The van der Waals surface area contributed by atoms with Gasteiger partial charge in [0.05, 0.1) is 19.3 Å². The Labute approximate surface area is 233 Å². The van der Waals surface area contributed by atoms with Crippen molar-refractivity contribution >= 4 is 11.7 Å². The van der Waals surface area contributed by atoms with Crippen LogP contribution in [0.3, 0.4) is 0 Å². The number of ketones is 1. The number of carbonyl (C=O) groups excluding carboxylic acids is 2. The first-order valence-electron chi connectivity index (χ1n) is 13.8. The van der Waals surface area contributed by atoms with Crippen molar-refractivity contribution in [1.82, 2.24) is 24.6 Å². The maximum Gasteiger partial charge on any atom is 0.351 e. The minimum Gasteiger partial charge on any atom is -0.494 e. The highest BCUT2D eigenvalue weighted by atomic mass is 19.1. The van der Waals surface area contributed by atoms with Gasteiger partial charge in [0.25, 0.3) is 0 Å². The molecule has 3 aromatic rings. The lowest BCUT2D eigenvalue weighted by Crippen LogP contribution is -2.44. The fourth-order valence-electron chi connectivity index (χ4n) is 5.10. The van der Waals surface area contributed by atoms with E-state index in [2.05, 4.69) is 15.3 Å². The van der Waals surface area contributed by atoms with Crippen LogP contribution in [0.2, 0.25) is 0 Å². The number of hydrogen-bond acceptors (Lipinski definition) is 6. The molecule has 1 N–H and O–H groups in total. The molecule has 0 saturated carbocycles. The van der Waals surface area contributed by atoms with Gasteiger partial charge in [0.1, 0.15) is 0 Å². The third-order valence-corrected chi connectivity index (χ3v) is 7.13. The Kier molecular flexibility index (Phi) is 9.52. The molecule has 0 spiro atoms. The number of nitrogens with one attached hydrogen (secondary N) is 1. The van der Waals surface area contributed by atoms with Crippen molar-refractivity contribution in [2.24, 2.45) is 5.92 Å². The molecular formula is C30H38FN5O4. The van der Waals surface area contributed by atoms with E-state index in [1.54, 1.807) is 6.92 Å². The number of aromatic nitrogens is 3. The smallest absolute Gasteiger partial charge is 0.351 e. The van der Waals surface area contributed by atoms with Crippen molar-refractivity contribution in [2.45, 2.75) is 59.0 Å². The number of amides is 1. The van der Waals surface area contributed by atoms with Crippen LogP contribution in [0.4, 0.5) is 4.39 Å². The van der Waals surface area contributed by atoms with E-state index < -0.39 is 11.5 Å². The highest BCUT2D eigenvalue weighted by Gasteiger charge is 2.21. The van der Waals surface area contributed by atoms with Gasteiger partial charge in [0.2, 0.25) is 5.91 Å². The zero-order valence-corrected chi connectivity index (χ0v) is 23.7. The topological polar surface area (TPSA) is 98.5 Å². The lowest BCUT2D eigenvalue weighted by atomic mass is 10.0. The van der Waals surface area contributed by atoms with Gasteiger partial charge in [-0.2, -0.15) is 4.68 Å². The molecule has 2 heterocycles. The molecule has 40 heavy (non-hydrogen) atoms. The van der Waals surface area contributed by atoms with Gasteiger partial charge in [-0.25, -0.2) is 9.18 Å². The maximum atomic E-state index is 14.1. The highest BCUT2D eigenvalue weighted by molar-refractivity contribution is 5.79. The van der Waals surface area contributed by atoms with E-state index in [1.165, 1.54) is 34.6 Å². The number of Topliss-reactive ketones (excluding diaryl/α,β-unsaturated/α-hetero) is 1. The number of ether oxygens (including phenoxy) is 1. The lowest BCUT2D eigenvalue weighted by Gasteiger charge is -2.32. The maximum absolute atomic E-state index is 14.1. The second kappa shape index (κ2) is 13.0. The Morgan fingerprint density at radius 3 is 2.45 bits per heavy atom. The summed E-state index contributed by atoms with van der Waals surface area (Å²) in [5, 5.41) is 7.57. The Balaban J connectivity index is 1.52. The Hall–Kier alpha value is -3.79. The van der Waals surface area contributed by atoms with Crippen LogP contribution in [-0.4, -0.2) is 63.7 Å². The van der Waals surface area contributed by atoms with E-state index in [0.717, 1.165) is 44.5 Å². The van der Waals surface area contributed by atoms with E-state index in [1.807, 2.05) is 38.1 Å². The molecule has 1 aromatic heterocycles. The van der Waals surface area contributed by atoms with Crippen LogP contribution in [0.1, 0.15) is 45.6 Å². The summed E-state index contributed by atoms with van der Waals surface area (Å²) < 4.78 is 21.8. The van der Waals surface area contributed by atoms with Gasteiger partial charge in [0, 0.05) is 44.6 Å². The fourth-order valence-corrected chi connectivity index (χ4v) is 5.10. The molecule has 0 aliphatic carbocycles. The molecule has 1 fully saturated rings. The van der Waals surface area contributed by atoms with Gasteiger partial charge in [-0.05, 0) is 61.1 Å². The number of halogens is 1. The second-order valence-electron chi connectivity index (χ2n) is 10.8. The van der Waals surface area contributed by atoms with Crippen LogP contribution in [0, 0.1) is 11.7 Å². The third kappa shape index (κ3) is 7.24. The number of rotatable bonds is 11. The van der Waals surface area contributed by atoms with E-state index in [9.17, 15) is 18.8 Å². The molecule has 4 rings (SSSR count). The minimum atomic E-state index is -0.525. The molecule has 0 bridgehead atoms. The number of nitrogens with zero attached hydrogens (tertiary/aromatic N) is 4. The standard InChI is InChI=1S/C30H38FN5O4/c1-20(2)17-26(38)19-35-29(23-7-10-27(31)28(18-23)40-4)33-36(30(35)39)25-8-5-22(6-9-25)11-14-34-15-12-24(13-16-34)32-21(3)37/h5-10,18,20,24H,11-17,19H2,1-4H3,(H,32,37). The molecule has 214 valence electrons. The first kappa shape index (κ1) is 29.2. The van der Waals surface area contributed by atoms with E-state index in [-0.39, 0.29) is 41.8 Å². The SMILES string of the molecule is COc1cc(-c2nn(-c3ccc(CCN4CCC(NC(C)=O)CC4)cc3)c(=O)n2CC(=O)CC(C)C)ccc1F. The monoisotopic (exact) mass is 551 g/mol. The van der Waals surface area contributed by atoms with Gasteiger partial charge in [-0.1, -0.05) is 26.0 Å². The van der Waals surface area contributed by atoms with Crippen molar-refractivity contribution in [3.05, 3.63) is 64.3 Å². The fraction of sp³-hybridized carbons (Fsp3) is 0.467. The van der Waals surface area contributed by atoms with Crippen LogP contribution in [-0.2, 0) is 22.6 Å². The summed E-state index contributed by atoms with van der Waals surface area (Å²) in [5.74, 6) is -0.125. The average molecular weight is 552 g/mol. The van der Waals surface area contributed by atoms with Gasteiger partial charge in [-0.15, -0.1) is 5.10 Å². The highest BCUT2D eigenvalue weighted by Crippen LogP contribution is 2.25. The van der Waals surface area contributed by atoms with Crippen LogP contribution < -0.4 is 15.7 Å². The molecular weight excluding hydrogens is 513 g/mol. The van der Waals surface area contributed by atoms with Crippen molar-refractivity contribution in [3.63, 3.8) is 0 Å². The van der Waals surface area contributed by atoms with Crippen molar-refractivity contribution in [1.29, 1.82) is 0 Å². The molecule has 10 heteroatoms. The van der Waals surface area contributed by atoms with Gasteiger partial charge in [0.15, 0.2) is 23.2 Å². The average Bonchev–Trinajstić information content (AvgIpc) is 3.23. The molecule has 0 atom stereocenters. The summed E-state index contributed by atoms with van der Waals surface area (Å²) in [5.41, 5.74) is 1.75. The predicted molar refractivity (Wildman–Crippen MR) is 151 cm³/mol. The van der Waals surface area contributed by atoms with Crippen molar-refractivity contribution in [3.8, 4) is 22.8 Å². The first-order chi connectivity index (χ1) is 19.1. The van der Waals surface area contributed by atoms with Crippen LogP contribution in [0.5, 0.6) is 5.75 Å². The van der Waals surface area contributed by atoms with Crippen LogP contribution in [0.25, 0.3) is 17.1 Å². The zero-order chi connectivity index (χ0) is 28.8. The summed E-state index contributed by atoms with van der Waals surface area (Å²) in [6.07, 6.45) is 3.10. The normalized spacial score (nSPS) is 14.4. The van der Waals surface area contributed by atoms with Crippen LogP contribution in [0.15, 0.2) is 47.3 Å². The van der Waals surface area contributed by atoms with E-state index >= 15 is 0 Å². The predicted octanol–water partition coefficient (Wildman–Crippen LogP) is 3.61. The first-order valence-corrected chi connectivity index (χ1v) is 13.8. The minimum absolute atomic E-state index is 0.0224. The number of hydrogen-bond donors (Lipinski definition) is 1. The zero-order valence-electron chi connectivity index (χ0n) is 23.7. The molecule has 0 radical (unpaired) electrons. The molecule has 1 aliphatic rings. The molecule has 1 aliphatic heterocycles. The number of carbonyl (C=O) groups is 2. The summed E-state index contributed by atoms with van der Waals surface area (Å²) in [4.78, 5) is 39.9. The summed E-state index contributed by atoms with van der Waals surface area (Å²) >= 11 is 0. The Morgan fingerprint density at radius 2 is 1.82 bits per heavy atom. The van der Waals surface area contributed by atoms with E-state index in [4.69, 9.17) is 4.74 Å². The number of benzene rings is 2. The second-order valence-corrected chi connectivity index (χ2v) is 10.8. The summed E-state index contributed by atoms with van der Waals surface area (Å²) in [6, 6.07) is 12.2.